The maximum absolute atomic E-state index is 14.2. The summed E-state index contributed by atoms with van der Waals surface area (Å²) in [6.45, 7) is 4.18. The summed E-state index contributed by atoms with van der Waals surface area (Å²) in [6, 6.07) is 2.67. The smallest absolute Gasteiger partial charge is 0.241 e. The van der Waals surface area contributed by atoms with Crippen LogP contribution in [0.5, 0.6) is 0 Å². The molecule has 0 spiro atoms. The maximum atomic E-state index is 14.2. The van der Waals surface area contributed by atoms with E-state index in [1.807, 2.05) is 6.92 Å². The van der Waals surface area contributed by atoms with Gasteiger partial charge in [0.2, 0.25) is 5.91 Å². The van der Waals surface area contributed by atoms with E-state index in [9.17, 15) is 13.6 Å². The fourth-order valence-corrected chi connectivity index (χ4v) is 2.47. The van der Waals surface area contributed by atoms with Crippen LogP contribution in [0.2, 0.25) is 0 Å². The summed E-state index contributed by atoms with van der Waals surface area (Å²) in [7, 11) is 1.71. The molecule has 0 unspecified atom stereocenters. The lowest BCUT2D eigenvalue weighted by Crippen LogP contribution is -2.35. The molecule has 1 aliphatic heterocycles. The van der Waals surface area contributed by atoms with Gasteiger partial charge in [-0.2, -0.15) is 0 Å². The molecule has 21 heavy (non-hydrogen) atoms. The zero-order valence-corrected chi connectivity index (χ0v) is 12.5. The molecule has 1 aromatic carbocycles. The average molecular weight is 297 g/mol. The summed E-state index contributed by atoms with van der Waals surface area (Å²) in [6.07, 6.45) is 0.695. The Morgan fingerprint density at radius 2 is 1.90 bits per heavy atom. The van der Waals surface area contributed by atoms with E-state index in [-0.39, 0.29) is 18.1 Å². The van der Waals surface area contributed by atoms with Gasteiger partial charge in [-0.3, -0.25) is 4.79 Å². The Kier molecular flexibility index (Phi) is 5.12. The SMILES string of the molecule is CCNCc1cc(F)c(N2CCCN(C)C(=O)C2)c(F)c1. The number of rotatable bonds is 4. The van der Waals surface area contributed by atoms with Gasteiger partial charge in [0.15, 0.2) is 0 Å². The number of likely N-dealkylation sites (N-methyl/N-ethyl adjacent to an activating group) is 1. The topological polar surface area (TPSA) is 35.6 Å². The normalized spacial score (nSPS) is 16.3. The number of hydrogen-bond donors (Lipinski definition) is 1. The van der Waals surface area contributed by atoms with E-state index in [2.05, 4.69) is 5.32 Å². The van der Waals surface area contributed by atoms with Crippen LogP contribution >= 0.6 is 0 Å². The largest absolute Gasteiger partial charge is 0.357 e. The van der Waals surface area contributed by atoms with Crippen molar-refractivity contribution in [2.24, 2.45) is 0 Å². The van der Waals surface area contributed by atoms with E-state index in [1.54, 1.807) is 11.9 Å². The Morgan fingerprint density at radius 3 is 2.52 bits per heavy atom. The second kappa shape index (κ2) is 6.85. The van der Waals surface area contributed by atoms with Crippen LogP contribution in [0.1, 0.15) is 18.9 Å². The Labute approximate surface area is 123 Å². The minimum absolute atomic E-state index is 0.0108. The van der Waals surface area contributed by atoms with Crippen molar-refractivity contribution < 1.29 is 13.6 Å². The van der Waals surface area contributed by atoms with Gasteiger partial charge < -0.3 is 15.1 Å². The van der Waals surface area contributed by atoms with Gasteiger partial charge in [0.25, 0.3) is 0 Å². The summed E-state index contributed by atoms with van der Waals surface area (Å²) in [5, 5.41) is 3.03. The van der Waals surface area contributed by atoms with Crippen LogP contribution in [0.15, 0.2) is 12.1 Å². The van der Waals surface area contributed by atoms with Crippen LogP contribution in [0.4, 0.5) is 14.5 Å². The first-order chi connectivity index (χ1) is 10.0. The molecule has 1 amide bonds. The summed E-state index contributed by atoms with van der Waals surface area (Å²) < 4.78 is 28.5. The molecule has 0 bridgehead atoms. The number of hydrogen-bond acceptors (Lipinski definition) is 3. The third-order valence-electron chi connectivity index (χ3n) is 3.65. The summed E-state index contributed by atoms with van der Waals surface area (Å²) in [4.78, 5) is 14.9. The standard InChI is InChI=1S/C15H21F2N3O/c1-3-18-9-11-7-12(16)15(13(17)8-11)20-6-4-5-19(2)14(21)10-20/h7-8,18H,3-6,9-10H2,1-2H3. The van der Waals surface area contributed by atoms with Gasteiger partial charge in [-0.1, -0.05) is 6.92 Å². The van der Waals surface area contributed by atoms with Gasteiger partial charge >= 0.3 is 0 Å². The van der Waals surface area contributed by atoms with Crippen molar-refractivity contribution in [2.75, 3.05) is 38.1 Å². The predicted octanol–water partition coefficient (Wildman–Crippen LogP) is 1.74. The monoisotopic (exact) mass is 297 g/mol. The highest BCUT2D eigenvalue weighted by atomic mass is 19.1. The molecule has 0 aliphatic carbocycles. The fourth-order valence-electron chi connectivity index (χ4n) is 2.47. The first kappa shape index (κ1) is 15.7. The number of amides is 1. The molecular weight excluding hydrogens is 276 g/mol. The van der Waals surface area contributed by atoms with Crippen LogP contribution in [-0.2, 0) is 11.3 Å². The van der Waals surface area contributed by atoms with Gasteiger partial charge in [0.1, 0.15) is 17.3 Å². The molecule has 1 heterocycles. The Bertz CT molecular complexity index is 499. The number of halogens is 2. The lowest BCUT2D eigenvalue weighted by atomic mass is 10.1. The molecular formula is C15H21F2N3O. The van der Waals surface area contributed by atoms with Crippen molar-refractivity contribution in [1.82, 2.24) is 10.2 Å². The van der Waals surface area contributed by atoms with Crippen molar-refractivity contribution in [3.05, 3.63) is 29.3 Å². The zero-order chi connectivity index (χ0) is 15.4. The van der Waals surface area contributed by atoms with E-state index >= 15 is 0 Å². The number of benzene rings is 1. The van der Waals surface area contributed by atoms with Gasteiger partial charge in [-0.25, -0.2) is 8.78 Å². The van der Waals surface area contributed by atoms with E-state index in [0.717, 1.165) is 6.54 Å². The van der Waals surface area contributed by atoms with Crippen LogP contribution in [-0.4, -0.2) is 44.0 Å². The van der Waals surface area contributed by atoms with Crippen LogP contribution in [0.3, 0.4) is 0 Å². The van der Waals surface area contributed by atoms with Gasteiger partial charge in [-0.15, -0.1) is 0 Å². The Hall–Kier alpha value is -1.69. The number of nitrogens with one attached hydrogen (secondary N) is 1. The third-order valence-corrected chi connectivity index (χ3v) is 3.65. The number of anilines is 1. The van der Waals surface area contributed by atoms with Gasteiger partial charge in [-0.05, 0) is 30.7 Å². The highest BCUT2D eigenvalue weighted by Crippen LogP contribution is 2.26. The molecule has 1 aromatic rings. The minimum Gasteiger partial charge on any atom is -0.357 e. The molecule has 1 aliphatic rings. The number of nitrogens with zero attached hydrogens (tertiary/aromatic N) is 2. The van der Waals surface area contributed by atoms with E-state index < -0.39 is 11.6 Å². The second-order valence-corrected chi connectivity index (χ2v) is 5.28. The lowest BCUT2D eigenvalue weighted by Gasteiger charge is -2.23. The molecule has 0 saturated carbocycles. The molecule has 4 nitrogen and oxygen atoms in total. The summed E-state index contributed by atoms with van der Waals surface area (Å²) >= 11 is 0. The van der Waals surface area contributed by atoms with Gasteiger partial charge in [0.05, 0.1) is 6.54 Å². The second-order valence-electron chi connectivity index (χ2n) is 5.28. The quantitative estimate of drug-likeness (QED) is 0.919. The molecule has 2 rings (SSSR count). The Balaban J connectivity index is 2.24. The minimum atomic E-state index is -0.611. The first-order valence-electron chi connectivity index (χ1n) is 7.20. The molecule has 1 saturated heterocycles. The van der Waals surface area contributed by atoms with Crippen molar-refractivity contribution in [1.29, 1.82) is 0 Å². The summed E-state index contributed by atoms with van der Waals surface area (Å²) in [5.74, 6) is -1.34. The lowest BCUT2D eigenvalue weighted by molar-refractivity contribution is -0.127. The van der Waals surface area contributed by atoms with E-state index in [1.165, 1.54) is 17.0 Å². The van der Waals surface area contributed by atoms with Crippen molar-refractivity contribution in [2.45, 2.75) is 19.9 Å². The van der Waals surface area contributed by atoms with Crippen LogP contribution in [0.25, 0.3) is 0 Å². The average Bonchev–Trinajstić information content (AvgIpc) is 2.58. The maximum Gasteiger partial charge on any atom is 0.241 e. The molecule has 116 valence electrons. The zero-order valence-electron chi connectivity index (χ0n) is 12.5. The summed E-state index contributed by atoms with van der Waals surface area (Å²) in [5.41, 5.74) is 0.466. The van der Waals surface area contributed by atoms with Crippen LogP contribution in [0, 0.1) is 11.6 Å². The van der Waals surface area contributed by atoms with Crippen molar-refractivity contribution >= 4 is 11.6 Å². The van der Waals surface area contributed by atoms with Crippen molar-refractivity contribution in [3.8, 4) is 0 Å². The Morgan fingerprint density at radius 1 is 1.24 bits per heavy atom. The molecule has 1 N–H and O–H groups in total. The van der Waals surface area contributed by atoms with Crippen molar-refractivity contribution in [3.63, 3.8) is 0 Å². The molecule has 0 aromatic heterocycles. The highest BCUT2D eigenvalue weighted by molar-refractivity contribution is 5.81. The number of carbonyl (C=O) groups excluding carboxylic acids is 1. The fraction of sp³-hybridized carbons (Fsp3) is 0.533. The van der Waals surface area contributed by atoms with E-state index in [0.29, 0.717) is 31.6 Å². The molecule has 6 heteroatoms. The first-order valence-corrected chi connectivity index (χ1v) is 7.20. The third kappa shape index (κ3) is 3.69. The molecule has 0 radical (unpaired) electrons. The van der Waals surface area contributed by atoms with Crippen LogP contribution < -0.4 is 10.2 Å². The molecule has 0 atom stereocenters. The number of carbonyl (C=O) groups is 1. The van der Waals surface area contributed by atoms with Gasteiger partial charge in [0, 0.05) is 26.7 Å². The van der Waals surface area contributed by atoms with E-state index in [4.69, 9.17) is 0 Å². The highest BCUT2D eigenvalue weighted by Gasteiger charge is 2.24. The molecule has 1 fully saturated rings. The predicted molar refractivity (Wildman–Crippen MR) is 78.2 cm³/mol.